The van der Waals surface area contributed by atoms with Gasteiger partial charge in [-0.2, -0.15) is 5.10 Å². The molecule has 1 aromatic carbocycles. The lowest BCUT2D eigenvalue weighted by Crippen LogP contribution is -2.40. The zero-order valence-corrected chi connectivity index (χ0v) is 16.8. The summed E-state index contributed by atoms with van der Waals surface area (Å²) < 4.78 is 11.5. The Morgan fingerprint density at radius 1 is 1.23 bits per heavy atom. The Kier molecular flexibility index (Phi) is 6.87. The second kappa shape index (κ2) is 9.75. The molecule has 0 saturated carbocycles. The minimum Gasteiger partial charge on any atom is -0.459 e. The van der Waals surface area contributed by atoms with Crippen LogP contribution in [0.3, 0.4) is 0 Å². The minimum absolute atomic E-state index is 0.0698. The molecular weight excluding hydrogens is 412 g/mol. The highest BCUT2D eigenvalue weighted by Gasteiger charge is 2.20. The van der Waals surface area contributed by atoms with Crippen molar-refractivity contribution in [1.82, 2.24) is 15.1 Å². The number of carbonyl (C=O) groups excluding carboxylic acids is 3. The van der Waals surface area contributed by atoms with E-state index < -0.39 is 30.4 Å². The number of esters is 1. The van der Waals surface area contributed by atoms with Crippen LogP contribution in [0.25, 0.3) is 0 Å². The molecule has 156 valence electrons. The van der Waals surface area contributed by atoms with Crippen molar-refractivity contribution in [2.45, 2.75) is 19.5 Å². The first-order valence-corrected chi connectivity index (χ1v) is 9.37. The molecule has 30 heavy (non-hydrogen) atoms. The van der Waals surface area contributed by atoms with Gasteiger partial charge in [-0.05, 0) is 36.8 Å². The Balaban J connectivity index is 1.48. The number of nitrogens with zero attached hydrogens (tertiary/aromatic N) is 2. The van der Waals surface area contributed by atoms with Crippen LogP contribution in [-0.2, 0) is 20.9 Å². The van der Waals surface area contributed by atoms with Crippen molar-refractivity contribution in [3.05, 3.63) is 71.3 Å². The van der Waals surface area contributed by atoms with Gasteiger partial charge in [0.05, 0.1) is 19.0 Å². The summed E-state index contributed by atoms with van der Waals surface area (Å²) in [6.45, 7) is 1.34. The predicted molar refractivity (Wildman–Crippen MR) is 108 cm³/mol. The predicted octanol–water partition coefficient (Wildman–Crippen LogP) is 2.48. The summed E-state index contributed by atoms with van der Waals surface area (Å²) in [6.07, 6.45) is 2.89. The van der Waals surface area contributed by atoms with Crippen molar-refractivity contribution >= 4 is 35.2 Å². The van der Waals surface area contributed by atoms with E-state index in [0.717, 1.165) is 5.56 Å². The van der Waals surface area contributed by atoms with Gasteiger partial charge in [-0.15, -0.1) is 0 Å². The molecule has 3 aromatic rings. The number of hydrogen-bond acceptors (Lipinski definition) is 6. The first-order chi connectivity index (χ1) is 14.4. The number of amides is 2. The van der Waals surface area contributed by atoms with E-state index in [1.165, 1.54) is 19.3 Å². The van der Waals surface area contributed by atoms with Gasteiger partial charge in [-0.25, -0.2) is 9.48 Å². The van der Waals surface area contributed by atoms with E-state index in [1.807, 2.05) is 12.1 Å². The molecule has 2 N–H and O–H groups in total. The maximum Gasteiger partial charge on any atom is 0.328 e. The number of hydrogen-bond donors (Lipinski definition) is 2. The molecule has 0 fully saturated rings. The van der Waals surface area contributed by atoms with Crippen LogP contribution < -0.4 is 10.6 Å². The fourth-order valence-corrected chi connectivity index (χ4v) is 2.76. The molecule has 0 aliphatic rings. The van der Waals surface area contributed by atoms with E-state index >= 15 is 0 Å². The van der Waals surface area contributed by atoms with Crippen LogP contribution in [0.15, 0.2) is 59.3 Å². The molecule has 0 saturated heterocycles. The van der Waals surface area contributed by atoms with Gasteiger partial charge in [0.1, 0.15) is 11.9 Å². The average Bonchev–Trinajstić information content (AvgIpc) is 3.39. The van der Waals surface area contributed by atoms with Crippen molar-refractivity contribution in [1.29, 1.82) is 0 Å². The molecule has 0 aliphatic carbocycles. The van der Waals surface area contributed by atoms with Crippen LogP contribution in [-0.4, -0.2) is 40.2 Å². The number of anilines is 1. The first kappa shape index (κ1) is 21.1. The quantitative estimate of drug-likeness (QED) is 0.530. The zero-order valence-electron chi connectivity index (χ0n) is 16.0. The lowest BCUT2D eigenvalue weighted by atomic mass is 10.2. The summed E-state index contributed by atoms with van der Waals surface area (Å²) in [5.74, 6) is -1.34. The lowest BCUT2D eigenvalue weighted by molar-refractivity contribution is -0.148. The summed E-state index contributed by atoms with van der Waals surface area (Å²) in [6, 6.07) is 11.0. The van der Waals surface area contributed by atoms with E-state index in [9.17, 15) is 14.4 Å². The monoisotopic (exact) mass is 430 g/mol. The van der Waals surface area contributed by atoms with Crippen LogP contribution in [0.4, 0.5) is 5.82 Å². The topological polar surface area (TPSA) is 115 Å². The van der Waals surface area contributed by atoms with Crippen molar-refractivity contribution in [2.75, 3.05) is 11.9 Å². The standard InChI is InChI=1S/C20H19ClN4O5/c1-13(23-19(27)16-6-3-9-29-16)20(28)30-12-18(26)24-17-7-8-22-25(17)11-14-4-2-5-15(21)10-14/h2-10,13H,11-12H2,1H3,(H,23,27)(H,24,26)/t13-/m0/s1. The molecule has 1 atom stereocenters. The third-order valence-electron chi connectivity index (χ3n) is 4.00. The number of halogens is 1. The highest BCUT2D eigenvalue weighted by atomic mass is 35.5. The summed E-state index contributed by atoms with van der Waals surface area (Å²) >= 11 is 5.99. The maximum atomic E-state index is 12.2. The number of carbonyl (C=O) groups is 3. The third kappa shape index (κ3) is 5.71. The van der Waals surface area contributed by atoms with Gasteiger partial charge in [-0.1, -0.05) is 23.7 Å². The highest BCUT2D eigenvalue weighted by molar-refractivity contribution is 6.30. The number of rotatable bonds is 8. The van der Waals surface area contributed by atoms with E-state index in [-0.39, 0.29) is 5.76 Å². The Labute approximate surface area is 177 Å². The van der Waals surface area contributed by atoms with Gasteiger partial charge in [0.15, 0.2) is 12.4 Å². The van der Waals surface area contributed by atoms with Crippen LogP contribution in [0.5, 0.6) is 0 Å². The van der Waals surface area contributed by atoms with E-state index in [2.05, 4.69) is 15.7 Å². The second-order valence-corrected chi connectivity index (χ2v) is 6.77. The van der Waals surface area contributed by atoms with Crippen molar-refractivity contribution in [3.8, 4) is 0 Å². The van der Waals surface area contributed by atoms with Gasteiger partial charge in [0.2, 0.25) is 0 Å². The fraction of sp³-hybridized carbons (Fsp3) is 0.200. The number of aromatic nitrogens is 2. The summed E-state index contributed by atoms with van der Waals surface area (Å²) in [4.78, 5) is 36.0. The van der Waals surface area contributed by atoms with E-state index in [0.29, 0.717) is 17.4 Å². The molecule has 0 aliphatic heterocycles. The van der Waals surface area contributed by atoms with Gasteiger partial charge in [-0.3, -0.25) is 9.59 Å². The molecule has 0 radical (unpaired) electrons. The smallest absolute Gasteiger partial charge is 0.328 e. The van der Waals surface area contributed by atoms with Crippen LogP contribution in [0.1, 0.15) is 23.0 Å². The lowest BCUT2D eigenvalue weighted by Gasteiger charge is -2.13. The largest absolute Gasteiger partial charge is 0.459 e. The molecule has 2 aromatic heterocycles. The van der Waals surface area contributed by atoms with Crippen molar-refractivity contribution in [3.63, 3.8) is 0 Å². The Bertz CT molecular complexity index is 1030. The molecule has 9 nitrogen and oxygen atoms in total. The molecule has 2 heterocycles. The van der Waals surface area contributed by atoms with Crippen molar-refractivity contribution < 1.29 is 23.5 Å². The fourth-order valence-electron chi connectivity index (χ4n) is 2.55. The Morgan fingerprint density at radius 3 is 2.80 bits per heavy atom. The minimum atomic E-state index is -0.955. The molecule has 2 amide bonds. The number of benzene rings is 1. The van der Waals surface area contributed by atoms with Crippen LogP contribution in [0, 0.1) is 0 Å². The van der Waals surface area contributed by atoms with Gasteiger partial charge >= 0.3 is 5.97 Å². The van der Waals surface area contributed by atoms with E-state index in [1.54, 1.807) is 35.1 Å². The molecule has 3 rings (SSSR count). The summed E-state index contributed by atoms with van der Waals surface area (Å²) in [5, 5.41) is 9.83. The maximum absolute atomic E-state index is 12.2. The average molecular weight is 431 g/mol. The number of nitrogens with one attached hydrogen (secondary N) is 2. The van der Waals surface area contributed by atoms with Crippen LogP contribution in [0.2, 0.25) is 5.02 Å². The SMILES string of the molecule is C[C@H](NC(=O)c1ccco1)C(=O)OCC(=O)Nc1ccnn1Cc1cccc(Cl)c1. The summed E-state index contributed by atoms with van der Waals surface area (Å²) in [7, 11) is 0. The summed E-state index contributed by atoms with van der Waals surface area (Å²) in [5.41, 5.74) is 0.911. The normalized spacial score (nSPS) is 11.5. The molecule has 10 heteroatoms. The Morgan fingerprint density at radius 2 is 2.07 bits per heavy atom. The van der Waals surface area contributed by atoms with Gasteiger partial charge < -0.3 is 19.8 Å². The van der Waals surface area contributed by atoms with Gasteiger partial charge in [0, 0.05) is 11.1 Å². The molecule has 0 unspecified atom stereocenters. The van der Waals surface area contributed by atoms with E-state index in [4.69, 9.17) is 20.8 Å². The molecule has 0 spiro atoms. The first-order valence-electron chi connectivity index (χ1n) is 8.99. The Hall–Kier alpha value is -3.59. The third-order valence-corrected chi connectivity index (χ3v) is 4.23. The highest BCUT2D eigenvalue weighted by Crippen LogP contribution is 2.14. The molecule has 0 bridgehead atoms. The zero-order chi connectivity index (χ0) is 21.5. The number of ether oxygens (including phenoxy) is 1. The molecular formula is C20H19ClN4O5. The number of furan rings is 1. The van der Waals surface area contributed by atoms with Gasteiger partial charge in [0.25, 0.3) is 11.8 Å². The second-order valence-electron chi connectivity index (χ2n) is 6.33. The van der Waals surface area contributed by atoms with Crippen LogP contribution >= 0.6 is 11.6 Å². The van der Waals surface area contributed by atoms with Crippen molar-refractivity contribution in [2.24, 2.45) is 0 Å².